The Morgan fingerprint density at radius 1 is 0.478 bits per heavy atom. The highest BCUT2D eigenvalue weighted by molar-refractivity contribution is 7.26. The Labute approximate surface area is 272 Å². The van der Waals surface area contributed by atoms with Crippen LogP contribution in [0.2, 0.25) is 0 Å². The van der Waals surface area contributed by atoms with Crippen molar-refractivity contribution in [3.05, 3.63) is 157 Å². The third kappa shape index (κ3) is 4.16. The van der Waals surface area contributed by atoms with Crippen LogP contribution in [0.15, 0.2) is 146 Å². The van der Waals surface area contributed by atoms with Crippen LogP contribution in [0.3, 0.4) is 0 Å². The molecule has 0 aliphatic heterocycles. The maximum atomic E-state index is 5.37. The minimum Gasteiger partial charge on any atom is -0.228 e. The second kappa shape index (κ2) is 10.3. The predicted octanol–water partition coefficient (Wildman–Crippen LogP) is 11.8. The highest BCUT2D eigenvalue weighted by Gasteiger charge is 2.40. The molecule has 1 aliphatic carbocycles. The van der Waals surface area contributed by atoms with E-state index in [4.69, 9.17) is 9.97 Å². The molecular formula is C43H30N2S. The predicted molar refractivity (Wildman–Crippen MR) is 194 cm³/mol. The molecule has 0 fully saturated rings. The van der Waals surface area contributed by atoms with E-state index in [1.807, 2.05) is 11.3 Å². The summed E-state index contributed by atoms with van der Waals surface area (Å²) in [6.45, 7) is 4.60. The molecule has 9 rings (SSSR count). The topological polar surface area (TPSA) is 25.8 Å². The molecule has 0 saturated heterocycles. The Balaban J connectivity index is 1.20. The van der Waals surface area contributed by atoms with Crippen LogP contribution in [0.4, 0.5) is 0 Å². The monoisotopic (exact) mass is 606 g/mol. The van der Waals surface area contributed by atoms with E-state index in [9.17, 15) is 0 Å². The molecule has 0 spiro atoms. The zero-order valence-corrected chi connectivity index (χ0v) is 26.5. The lowest BCUT2D eigenvalue weighted by Gasteiger charge is -2.24. The van der Waals surface area contributed by atoms with Gasteiger partial charge < -0.3 is 0 Å². The van der Waals surface area contributed by atoms with Gasteiger partial charge in [0.05, 0.1) is 11.4 Å². The van der Waals surface area contributed by atoms with Gasteiger partial charge in [-0.1, -0.05) is 147 Å². The van der Waals surface area contributed by atoms with Crippen molar-refractivity contribution < 1.29 is 0 Å². The van der Waals surface area contributed by atoms with E-state index >= 15 is 0 Å². The average Bonchev–Trinajstić information content (AvgIpc) is 3.61. The largest absolute Gasteiger partial charge is 0.228 e. The number of fused-ring (bicyclic) bond motifs is 6. The molecule has 218 valence electrons. The summed E-state index contributed by atoms with van der Waals surface area (Å²) in [4.78, 5) is 10.7. The van der Waals surface area contributed by atoms with E-state index in [-0.39, 0.29) is 5.41 Å². The lowest BCUT2D eigenvalue weighted by atomic mass is 9.80. The van der Waals surface area contributed by atoms with Crippen molar-refractivity contribution in [3.63, 3.8) is 0 Å². The molecule has 0 amide bonds. The molecule has 2 aromatic heterocycles. The standard InChI is InChI=1S/C43H30N2S/c1-43(2)36-20-8-6-17-35(36)40-38(43)39(31-15-10-14-30(26-31)27-12-4-3-5-13-27)44-42(45-40)29-24-22-28(23-25-29)32-18-11-19-34-33-16-7-9-21-37(33)46-41(32)34/h3-26H,1-2H3. The molecule has 1 aliphatic rings. The van der Waals surface area contributed by atoms with Crippen molar-refractivity contribution in [2.45, 2.75) is 19.3 Å². The first-order valence-electron chi connectivity index (χ1n) is 15.8. The lowest BCUT2D eigenvalue weighted by Crippen LogP contribution is -2.17. The molecule has 6 aromatic carbocycles. The fourth-order valence-electron chi connectivity index (χ4n) is 7.20. The smallest absolute Gasteiger partial charge is 0.160 e. The molecule has 0 unspecified atom stereocenters. The zero-order valence-electron chi connectivity index (χ0n) is 25.7. The van der Waals surface area contributed by atoms with Crippen molar-refractivity contribution in [2.24, 2.45) is 0 Å². The van der Waals surface area contributed by atoms with Gasteiger partial charge in [0.2, 0.25) is 0 Å². The number of rotatable bonds is 4. The van der Waals surface area contributed by atoms with Crippen LogP contribution in [-0.2, 0) is 5.41 Å². The zero-order chi connectivity index (χ0) is 30.8. The van der Waals surface area contributed by atoms with Gasteiger partial charge in [-0.25, -0.2) is 9.97 Å². The van der Waals surface area contributed by atoms with E-state index < -0.39 is 0 Å². The maximum Gasteiger partial charge on any atom is 0.160 e. The first-order valence-corrected chi connectivity index (χ1v) is 16.6. The summed E-state index contributed by atoms with van der Waals surface area (Å²) in [6, 6.07) is 52.2. The van der Waals surface area contributed by atoms with Crippen molar-refractivity contribution in [3.8, 4) is 56.2 Å². The van der Waals surface area contributed by atoms with Crippen LogP contribution >= 0.6 is 11.3 Å². The van der Waals surface area contributed by atoms with Crippen LogP contribution < -0.4 is 0 Å². The normalized spacial score (nSPS) is 13.2. The van der Waals surface area contributed by atoms with Gasteiger partial charge in [0.1, 0.15) is 0 Å². The average molecular weight is 607 g/mol. The summed E-state index contributed by atoms with van der Waals surface area (Å²) in [6.07, 6.45) is 0. The van der Waals surface area contributed by atoms with Crippen molar-refractivity contribution in [1.82, 2.24) is 9.97 Å². The first kappa shape index (κ1) is 27.0. The highest BCUT2D eigenvalue weighted by atomic mass is 32.1. The Bertz CT molecular complexity index is 2440. The van der Waals surface area contributed by atoms with E-state index in [2.05, 4.69) is 159 Å². The van der Waals surface area contributed by atoms with Gasteiger partial charge in [0, 0.05) is 47.8 Å². The van der Waals surface area contributed by atoms with Crippen LogP contribution in [0.1, 0.15) is 25.0 Å². The van der Waals surface area contributed by atoms with Gasteiger partial charge in [-0.3, -0.25) is 0 Å². The van der Waals surface area contributed by atoms with Crippen LogP contribution in [0.5, 0.6) is 0 Å². The molecule has 0 bridgehead atoms. The molecule has 0 radical (unpaired) electrons. The van der Waals surface area contributed by atoms with Gasteiger partial charge in [-0.2, -0.15) is 0 Å². The molecule has 2 nitrogen and oxygen atoms in total. The quantitative estimate of drug-likeness (QED) is 0.199. The van der Waals surface area contributed by atoms with Gasteiger partial charge >= 0.3 is 0 Å². The molecule has 3 heteroatoms. The fraction of sp³-hybridized carbons (Fsp3) is 0.0698. The minimum atomic E-state index is -0.227. The molecule has 8 aromatic rings. The Morgan fingerprint density at radius 3 is 1.98 bits per heavy atom. The summed E-state index contributed by atoms with van der Waals surface area (Å²) >= 11 is 1.86. The van der Waals surface area contributed by atoms with E-state index in [1.54, 1.807) is 0 Å². The minimum absolute atomic E-state index is 0.227. The number of aromatic nitrogens is 2. The van der Waals surface area contributed by atoms with Gasteiger partial charge in [-0.05, 0) is 39.9 Å². The Morgan fingerprint density at radius 2 is 1.11 bits per heavy atom. The Hall–Kier alpha value is -5.38. The lowest BCUT2D eigenvalue weighted by molar-refractivity contribution is 0.658. The van der Waals surface area contributed by atoms with Gasteiger partial charge in [0.15, 0.2) is 5.82 Å². The maximum absolute atomic E-state index is 5.37. The van der Waals surface area contributed by atoms with E-state index in [1.165, 1.54) is 59.1 Å². The summed E-state index contributed by atoms with van der Waals surface area (Å²) in [5.41, 5.74) is 12.4. The fourth-order valence-corrected chi connectivity index (χ4v) is 8.44. The Kier molecular flexibility index (Phi) is 6.06. The third-order valence-corrected chi connectivity index (χ3v) is 10.7. The summed E-state index contributed by atoms with van der Waals surface area (Å²) < 4.78 is 2.64. The van der Waals surface area contributed by atoms with Crippen molar-refractivity contribution in [2.75, 3.05) is 0 Å². The first-order chi connectivity index (χ1) is 22.6. The van der Waals surface area contributed by atoms with Gasteiger partial charge in [0.25, 0.3) is 0 Å². The van der Waals surface area contributed by atoms with Crippen molar-refractivity contribution >= 4 is 31.5 Å². The van der Waals surface area contributed by atoms with Crippen LogP contribution in [0, 0.1) is 0 Å². The number of benzene rings is 6. The van der Waals surface area contributed by atoms with Crippen LogP contribution in [0.25, 0.3) is 76.3 Å². The molecule has 0 N–H and O–H groups in total. The second-order valence-corrected chi connectivity index (χ2v) is 13.6. The highest BCUT2D eigenvalue weighted by Crippen LogP contribution is 2.51. The van der Waals surface area contributed by atoms with Crippen LogP contribution in [-0.4, -0.2) is 9.97 Å². The second-order valence-electron chi connectivity index (χ2n) is 12.6. The molecule has 2 heterocycles. The number of thiophene rings is 1. The molecule has 0 saturated carbocycles. The summed E-state index contributed by atoms with van der Waals surface area (Å²) in [5.74, 6) is 0.748. The number of hydrogen-bond donors (Lipinski definition) is 0. The number of hydrogen-bond acceptors (Lipinski definition) is 3. The number of nitrogens with zero attached hydrogens (tertiary/aromatic N) is 2. The summed E-state index contributed by atoms with van der Waals surface area (Å²) in [7, 11) is 0. The third-order valence-electron chi connectivity index (χ3n) is 9.49. The summed E-state index contributed by atoms with van der Waals surface area (Å²) in [5, 5.41) is 2.63. The molecule has 46 heavy (non-hydrogen) atoms. The molecular weight excluding hydrogens is 577 g/mol. The van der Waals surface area contributed by atoms with Gasteiger partial charge in [-0.15, -0.1) is 11.3 Å². The molecule has 0 atom stereocenters. The van der Waals surface area contributed by atoms with Crippen molar-refractivity contribution in [1.29, 1.82) is 0 Å². The SMILES string of the molecule is CC1(C)c2ccccc2-c2nc(-c3ccc(-c4cccc5c4sc4ccccc45)cc3)nc(-c3cccc(-c4ccccc4)c3)c21. The van der Waals surface area contributed by atoms with E-state index in [0.29, 0.717) is 0 Å². The van der Waals surface area contributed by atoms with E-state index in [0.717, 1.165) is 28.3 Å².